The molecule has 112 valence electrons. The van der Waals surface area contributed by atoms with Crippen LogP contribution in [0.5, 0.6) is 0 Å². The van der Waals surface area contributed by atoms with Crippen molar-refractivity contribution >= 4 is 33.2 Å². The molecule has 1 amide bonds. The highest BCUT2D eigenvalue weighted by Gasteiger charge is 2.06. The van der Waals surface area contributed by atoms with Gasteiger partial charge < -0.3 is 10.6 Å². The molecule has 0 spiro atoms. The Balaban J connectivity index is 1.85. The van der Waals surface area contributed by atoms with E-state index in [2.05, 4.69) is 32.6 Å². The fraction of sp³-hybridized carbons (Fsp3) is 0.176. The molecule has 0 aliphatic heterocycles. The van der Waals surface area contributed by atoms with Gasteiger partial charge in [0.15, 0.2) is 0 Å². The van der Waals surface area contributed by atoms with Crippen molar-refractivity contribution in [1.82, 2.24) is 0 Å². The van der Waals surface area contributed by atoms with E-state index in [4.69, 9.17) is 5.26 Å². The number of nitrogens with one attached hydrogen (secondary N) is 2. The molecule has 2 N–H and O–H groups in total. The average molecular weight is 358 g/mol. The highest BCUT2D eigenvalue weighted by molar-refractivity contribution is 9.10. The van der Waals surface area contributed by atoms with Crippen molar-refractivity contribution < 1.29 is 4.79 Å². The molecule has 0 saturated carbocycles. The zero-order chi connectivity index (χ0) is 15.9. The third-order valence-electron chi connectivity index (χ3n) is 3.16. The molecule has 4 nitrogen and oxygen atoms in total. The van der Waals surface area contributed by atoms with Crippen LogP contribution >= 0.6 is 15.9 Å². The highest BCUT2D eigenvalue weighted by Crippen LogP contribution is 2.20. The van der Waals surface area contributed by atoms with Crippen LogP contribution in [0.25, 0.3) is 0 Å². The molecular formula is C17H16BrN3O. The fourth-order valence-corrected chi connectivity index (χ4v) is 2.22. The molecule has 0 bridgehead atoms. The number of amides is 1. The van der Waals surface area contributed by atoms with E-state index in [0.717, 1.165) is 15.7 Å². The molecule has 0 radical (unpaired) electrons. The number of para-hydroxylation sites is 1. The van der Waals surface area contributed by atoms with Gasteiger partial charge >= 0.3 is 0 Å². The van der Waals surface area contributed by atoms with Gasteiger partial charge in [-0.15, -0.1) is 0 Å². The molecule has 2 rings (SSSR count). The normalized spacial score (nSPS) is 9.86. The molecule has 0 aliphatic rings. The van der Waals surface area contributed by atoms with Gasteiger partial charge in [0.05, 0.1) is 11.3 Å². The summed E-state index contributed by atoms with van der Waals surface area (Å²) in [5.41, 5.74) is 3.13. The van der Waals surface area contributed by atoms with Gasteiger partial charge in [0.25, 0.3) is 0 Å². The molecule has 0 atom stereocenters. The highest BCUT2D eigenvalue weighted by atomic mass is 79.9. The smallest absolute Gasteiger partial charge is 0.226 e. The fourth-order valence-electron chi connectivity index (χ4n) is 1.98. The monoisotopic (exact) mass is 357 g/mol. The summed E-state index contributed by atoms with van der Waals surface area (Å²) in [6.45, 7) is 2.54. The first-order chi connectivity index (χ1) is 10.6. The van der Waals surface area contributed by atoms with E-state index in [1.54, 1.807) is 24.3 Å². The summed E-state index contributed by atoms with van der Waals surface area (Å²) in [5.74, 6) is -0.121. The molecule has 0 saturated heterocycles. The second-order valence-corrected chi connectivity index (χ2v) is 5.70. The summed E-state index contributed by atoms with van der Waals surface area (Å²) < 4.78 is 1.06. The quantitative estimate of drug-likeness (QED) is 0.847. The molecule has 0 unspecified atom stereocenters. The number of hydrogen-bond acceptors (Lipinski definition) is 3. The molecular weight excluding hydrogens is 342 g/mol. The summed E-state index contributed by atoms with van der Waals surface area (Å²) in [5, 5.41) is 15.0. The largest absolute Gasteiger partial charge is 0.385 e. The maximum absolute atomic E-state index is 11.9. The lowest BCUT2D eigenvalue weighted by Gasteiger charge is -2.09. The Morgan fingerprint density at radius 1 is 1.27 bits per heavy atom. The van der Waals surface area contributed by atoms with Gasteiger partial charge in [-0.05, 0) is 42.8 Å². The number of aryl methyl sites for hydroxylation is 1. The van der Waals surface area contributed by atoms with E-state index in [1.807, 2.05) is 25.1 Å². The van der Waals surface area contributed by atoms with Crippen LogP contribution in [0.1, 0.15) is 17.5 Å². The third kappa shape index (κ3) is 4.34. The number of carbonyl (C=O) groups excluding carboxylic acids is 1. The van der Waals surface area contributed by atoms with Crippen molar-refractivity contribution in [2.45, 2.75) is 13.3 Å². The van der Waals surface area contributed by atoms with Crippen molar-refractivity contribution in [3.05, 3.63) is 58.1 Å². The number of nitrogens with zero attached hydrogens (tertiary/aromatic N) is 1. The Labute approximate surface area is 138 Å². The van der Waals surface area contributed by atoms with Crippen LogP contribution in [0.15, 0.2) is 46.9 Å². The molecule has 5 heteroatoms. The zero-order valence-corrected chi connectivity index (χ0v) is 13.8. The van der Waals surface area contributed by atoms with Gasteiger partial charge in [-0.2, -0.15) is 5.26 Å². The molecule has 2 aromatic carbocycles. The van der Waals surface area contributed by atoms with Crippen molar-refractivity contribution in [2.24, 2.45) is 0 Å². The lowest BCUT2D eigenvalue weighted by molar-refractivity contribution is -0.115. The van der Waals surface area contributed by atoms with Crippen LogP contribution in [-0.4, -0.2) is 12.5 Å². The Kier molecular flexibility index (Phi) is 5.56. The van der Waals surface area contributed by atoms with Crippen LogP contribution in [0.3, 0.4) is 0 Å². The Hall–Kier alpha value is -2.32. The Bertz CT molecular complexity index is 722. The van der Waals surface area contributed by atoms with Gasteiger partial charge in [0, 0.05) is 23.1 Å². The number of anilines is 2. The van der Waals surface area contributed by atoms with Gasteiger partial charge in [0.2, 0.25) is 5.91 Å². The Morgan fingerprint density at radius 3 is 2.77 bits per heavy atom. The predicted octanol–water partition coefficient (Wildman–Crippen LogP) is 4.07. The van der Waals surface area contributed by atoms with Crippen LogP contribution in [0, 0.1) is 18.3 Å². The number of halogens is 1. The summed E-state index contributed by atoms with van der Waals surface area (Å²) in [6.07, 6.45) is 0.328. The van der Waals surface area contributed by atoms with Crippen molar-refractivity contribution in [1.29, 1.82) is 5.26 Å². The summed E-state index contributed by atoms with van der Waals surface area (Å²) in [7, 11) is 0. The second kappa shape index (κ2) is 7.62. The zero-order valence-electron chi connectivity index (χ0n) is 12.2. The summed E-state index contributed by atoms with van der Waals surface area (Å²) in [6, 6.07) is 15.0. The van der Waals surface area contributed by atoms with Crippen LogP contribution in [-0.2, 0) is 4.79 Å². The second-order valence-electron chi connectivity index (χ2n) is 4.85. The number of nitriles is 1. The first-order valence-electron chi connectivity index (χ1n) is 6.89. The van der Waals surface area contributed by atoms with Crippen molar-refractivity contribution in [3.8, 4) is 6.07 Å². The van der Waals surface area contributed by atoms with E-state index >= 15 is 0 Å². The van der Waals surface area contributed by atoms with Crippen LogP contribution < -0.4 is 10.6 Å². The minimum atomic E-state index is -0.121. The van der Waals surface area contributed by atoms with Crippen molar-refractivity contribution in [3.63, 3.8) is 0 Å². The summed E-state index contributed by atoms with van der Waals surface area (Å²) >= 11 is 3.45. The standard InChI is InChI=1S/C17H16BrN3O/c1-12-10-14(6-7-15(12)18)20-9-8-17(22)21-16-5-3-2-4-13(16)11-19/h2-7,10,20H,8-9H2,1H3,(H,21,22). The van der Waals surface area contributed by atoms with Crippen LogP contribution in [0.4, 0.5) is 11.4 Å². The molecule has 0 aliphatic carbocycles. The average Bonchev–Trinajstić information content (AvgIpc) is 2.51. The Morgan fingerprint density at radius 2 is 2.05 bits per heavy atom. The summed E-state index contributed by atoms with van der Waals surface area (Å²) in [4.78, 5) is 11.9. The number of benzene rings is 2. The molecule has 0 heterocycles. The number of hydrogen-bond donors (Lipinski definition) is 2. The molecule has 0 aromatic heterocycles. The van der Waals surface area contributed by atoms with E-state index in [-0.39, 0.29) is 5.91 Å². The van der Waals surface area contributed by atoms with E-state index in [1.165, 1.54) is 0 Å². The van der Waals surface area contributed by atoms with E-state index < -0.39 is 0 Å². The SMILES string of the molecule is Cc1cc(NCCC(=O)Nc2ccccc2C#N)ccc1Br. The maximum Gasteiger partial charge on any atom is 0.226 e. The maximum atomic E-state index is 11.9. The number of rotatable bonds is 5. The number of carbonyl (C=O) groups is 1. The van der Waals surface area contributed by atoms with Gasteiger partial charge in [-0.25, -0.2) is 0 Å². The van der Waals surface area contributed by atoms with Crippen LogP contribution in [0.2, 0.25) is 0 Å². The molecule has 22 heavy (non-hydrogen) atoms. The lowest BCUT2D eigenvalue weighted by Crippen LogP contribution is -2.16. The third-order valence-corrected chi connectivity index (χ3v) is 4.05. The van der Waals surface area contributed by atoms with Gasteiger partial charge in [-0.1, -0.05) is 28.1 Å². The first-order valence-corrected chi connectivity index (χ1v) is 7.68. The lowest BCUT2D eigenvalue weighted by atomic mass is 10.2. The van der Waals surface area contributed by atoms with Gasteiger partial charge in [0.1, 0.15) is 6.07 Å². The van der Waals surface area contributed by atoms with E-state index in [0.29, 0.717) is 24.2 Å². The van der Waals surface area contributed by atoms with Gasteiger partial charge in [-0.3, -0.25) is 4.79 Å². The molecule has 0 fully saturated rings. The predicted molar refractivity (Wildman–Crippen MR) is 91.8 cm³/mol. The minimum absolute atomic E-state index is 0.121. The van der Waals surface area contributed by atoms with Crippen molar-refractivity contribution in [2.75, 3.05) is 17.2 Å². The minimum Gasteiger partial charge on any atom is -0.385 e. The van der Waals surface area contributed by atoms with E-state index in [9.17, 15) is 4.79 Å². The molecule has 2 aromatic rings. The first kappa shape index (κ1) is 16.1. The topological polar surface area (TPSA) is 64.9 Å².